The molecule has 0 unspecified atom stereocenters. The molecule has 0 aliphatic rings. The molecule has 1 amide bonds. The molecule has 0 heterocycles. The smallest absolute Gasteiger partial charge is 0.411 e. The van der Waals surface area contributed by atoms with Crippen LogP contribution in [0.15, 0.2) is 0 Å². The summed E-state index contributed by atoms with van der Waals surface area (Å²) >= 11 is 0. The molecule has 0 bridgehead atoms. The first-order valence-electron chi connectivity index (χ1n) is 3.94. The number of amides is 1. The highest BCUT2D eigenvalue weighted by Crippen LogP contribution is 2.13. The second kappa shape index (κ2) is 6.23. The molecule has 0 saturated carbocycles. The minimum atomic E-state index is -4.47. The van der Waals surface area contributed by atoms with Crippen molar-refractivity contribution in [2.45, 2.75) is 12.6 Å². The number of carbonyl (C=O) groups is 2. The third-order valence-electron chi connectivity index (χ3n) is 1.16. The number of carboxylic acid groups (broad SMARTS) is 1. The second-order valence-electron chi connectivity index (χ2n) is 2.60. The molecule has 0 spiro atoms. The standard InChI is InChI=1S/C7H10F3NO4/c8-7(9,10)4-15-3-5(12)11-2-1-6(13)14/h1-4H2,(H,11,12)(H,13,14). The predicted molar refractivity (Wildman–Crippen MR) is 42.1 cm³/mol. The summed E-state index contributed by atoms with van der Waals surface area (Å²) in [5.74, 6) is -1.88. The largest absolute Gasteiger partial charge is 0.481 e. The van der Waals surface area contributed by atoms with E-state index in [0.29, 0.717) is 0 Å². The van der Waals surface area contributed by atoms with Crippen molar-refractivity contribution < 1.29 is 32.6 Å². The lowest BCUT2D eigenvalue weighted by Gasteiger charge is -2.07. The van der Waals surface area contributed by atoms with Crippen molar-refractivity contribution >= 4 is 11.9 Å². The molecule has 0 aromatic rings. The molecule has 0 aromatic heterocycles. The van der Waals surface area contributed by atoms with E-state index in [1.54, 1.807) is 0 Å². The number of nitrogens with one attached hydrogen (secondary N) is 1. The van der Waals surface area contributed by atoms with Crippen molar-refractivity contribution in [2.75, 3.05) is 19.8 Å². The van der Waals surface area contributed by atoms with Crippen molar-refractivity contribution in [3.8, 4) is 0 Å². The number of carboxylic acids is 1. The van der Waals surface area contributed by atoms with Crippen LogP contribution in [0.1, 0.15) is 6.42 Å². The normalized spacial score (nSPS) is 11.1. The SMILES string of the molecule is O=C(O)CCNC(=O)COCC(F)(F)F. The van der Waals surface area contributed by atoms with Gasteiger partial charge in [0.15, 0.2) is 0 Å². The lowest BCUT2D eigenvalue weighted by atomic mass is 10.4. The summed E-state index contributed by atoms with van der Waals surface area (Å²) in [5, 5.41) is 10.3. The molecular weight excluding hydrogens is 219 g/mol. The minimum absolute atomic E-state index is 0.135. The van der Waals surface area contributed by atoms with Crippen molar-refractivity contribution in [2.24, 2.45) is 0 Å². The summed E-state index contributed by atoms with van der Waals surface area (Å²) in [7, 11) is 0. The van der Waals surface area contributed by atoms with Crippen LogP contribution < -0.4 is 5.32 Å². The second-order valence-corrected chi connectivity index (χ2v) is 2.60. The van der Waals surface area contributed by atoms with Crippen LogP contribution in [0.25, 0.3) is 0 Å². The molecule has 88 valence electrons. The average molecular weight is 229 g/mol. The number of alkyl halides is 3. The van der Waals surface area contributed by atoms with Crippen LogP contribution in [0.4, 0.5) is 13.2 Å². The molecule has 0 saturated heterocycles. The first-order chi connectivity index (χ1) is 6.81. The van der Waals surface area contributed by atoms with E-state index in [1.165, 1.54) is 0 Å². The number of ether oxygens (including phenoxy) is 1. The monoisotopic (exact) mass is 229 g/mol. The van der Waals surface area contributed by atoms with Gasteiger partial charge in [-0.2, -0.15) is 13.2 Å². The van der Waals surface area contributed by atoms with Gasteiger partial charge in [0, 0.05) is 6.54 Å². The zero-order valence-electron chi connectivity index (χ0n) is 7.63. The van der Waals surface area contributed by atoms with Gasteiger partial charge in [0.05, 0.1) is 6.42 Å². The molecule has 0 aliphatic carbocycles. The van der Waals surface area contributed by atoms with Crippen LogP contribution in [0, 0.1) is 0 Å². The first kappa shape index (κ1) is 13.7. The van der Waals surface area contributed by atoms with Gasteiger partial charge in [-0.05, 0) is 0 Å². The van der Waals surface area contributed by atoms with Crippen molar-refractivity contribution in [1.82, 2.24) is 5.32 Å². The Balaban J connectivity index is 3.46. The summed E-state index contributed by atoms with van der Waals surface area (Å²) in [6, 6.07) is 0. The predicted octanol–water partition coefficient (Wildman–Crippen LogP) is 0.156. The highest BCUT2D eigenvalue weighted by molar-refractivity contribution is 5.77. The zero-order valence-corrected chi connectivity index (χ0v) is 7.63. The fourth-order valence-corrected chi connectivity index (χ4v) is 0.619. The van der Waals surface area contributed by atoms with E-state index in [-0.39, 0.29) is 13.0 Å². The number of carbonyl (C=O) groups excluding carboxylic acids is 1. The highest BCUT2D eigenvalue weighted by atomic mass is 19.4. The number of hydrogen-bond donors (Lipinski definition) is 2. The molecular formula is C7H10F3NO4. The van der Waals surface area contributed by atoms with Crippen molar-refractivity contribution in [1.29, 1.82) is 0 Å². The van der Waals surface area contributed by atoms with Crippen molar-refractivity contribution in [3.05, 3.63) is 0 Å². The minimum Gasteiger partial charge on any atom is -0.481 e. The third kappa shape index (κ3) is 10.6. The average Bonchev–Trinajstić information content (AvgIpc) is 2.00. The summed E-state index contributed by atoms with van der Waals surface area (Å²) in [6.45, 7) is -2.37. The van der Waals surface area contributed by atoms with Gasteiger partial charge in [-0.25, -0.2) is 0 Å². The van der Waals surface area contributed by atoms with Gasteiger partial charge in [0.1, 0.15) is 13.2 Å². The van der Waals surface area contributed by atoms with Crippen LogP contribution in [-0.2, 0) is 14.3 Å². The highest BCUT2D eigenvalue weighted by Gasteiger charge is 2.27. The van der Waals surface area contributed by atoms with Gasteiger partial charge in [-0.1, -0.05) is 0 Å². The lowest BCUT2D eigenvalue weighted by molar-refractivity contribution is -0.175. The molecule has 0 aliphatic heterocycles. The number of aliphatic carboxylic acids is 1. The van der Waals surface area contributed by atoms with Gasteiger partial charge < -0.3 is 15.2 Å². The molecule has 8 heteroatoms. The summed E-state index contributed by atoms with van der Waals surface area (Å²) < 4.78 is 38.6. The Labute approximate surface area is 83.2 Å². The molecule has 0 radical (unpaired) electrons. The number of halogens is 3. The summed E-state index contributed by atoms with van der Waals surface area (Å²) in [5.41, 5.74) is 0. The molecule has 0 atom stereocenters. The first-order valence-corrected chi connectivity index (χ1v) is 3.94. The summed E-state index contributed by atoms with van der Waals surface area (Å²) in [4.78, 5) is 20.7. The Morgan fingerprint density at radius 2 is 1.93 bits per heavy atom. The maximum Gasteiger partial charge on any atom is 0.411 e. The van der Waals surface area contributed by atoms with Gasteiger partial charge in [0.25, 0.3) is 0 Å². The van der Waals surface area contributed by atoms with Gasteiger partial charge >= 0.3 is 12.1 Å². The van der Waals surface area contributed by atoms with Crippen LogP contribution in [-0.4, -0.2) is 42.9 Å². The Morgan fingerprint density at radius 3 is 2.40 bits per heavy atom. The van der Waals surface area contributed by atoms with E-state index in [4.69, 9.17) is 5.11 Å². The van der Waals surface area contributed by atoms with E-state index in [1.807, 2.05) is 0 Å². The molecule has 0 fully saturated rings. The number of rotatable bonds is 6. The van der Waals surface area contributed by atoms with E-state index >= 15 is 0 Å². The fourth-order valence-electron chi connectivity index (χ4n) is 0.619. The van der Waals surface area contributed by atoms with Crippen LogP contribution in [0.3, 0.4) is 0 Å². The third-order valence-corrected chi connectivity index (χ3v) is 1.16. The maximum atomic E-state index is 11.5. The lowest BCUT2D eigenvalue weighted by Crippen LogP contribution is -2.31. The van der Waals surface area contributed by atoms with Gasteiger partial charge in [-0.15, -0.1) is 0 Å². The molecule has 0 aromatic carbocycles. The van der Waals surface area contributed by atoms with Crippen LogP contribution >= 0.6 is 0 Å². The molecule has 15 heavy (non-hydrogen) atoms. The van der Waals surface area contributed by atoms with E-state index in [9.17, 15) is 22.8 Å². The molecule has 0 rings (SSSR count). The summed E-state index contributed by atoms with van der Waals surface area (Å²) in [6.07, 6.45) is -4.76. The number of hydrogen-bond acceptors (Lipinski definition) is 3. The topological polar surface area (TPSA) is 75.6 Å². The Hall–Kier alpha value is -1.31. The van der Waals surface area contributed by atoms with Crippen molar-refractivity contribution in [3.63, 3.8) is 0 Å². The van der Waals surface area contributed by atoms with Gasteiger partial charge in [-0.3, -0.25) is 9.59 Å². The van der Waals surface area contributed by atoms with E-state index in [0.717, 1.165) is 0 Å². The Kier molecular flexibility index (Phi) is 5.68. The van der Waals surface area contributed by atoms with Gasteiger partial charge in [0.2, 0.25) is 5.91 Å². The Morgan fingerprint density at radius 1 is 1.33 bits per heavy atom. The quantitative estimate of drug-likeness (QED) is 0.680. The fraction of sp³-hybridized carbons (Fsp3) is 0.714. The van der Waals surface area contributed by atoms with Crippen LogP contribution in [0.2, 0.25) is 0 Å². The molecule has 5 nitrogen and oxygen atoms in total. The van der Waals surface area contributed by atoms with E-state index in [2.05, 4.69) is 10.1 Å². The van der Waals surface area contributed by atoms with E-state index < -0.39 is 31.3 Å². The molecule has 2 N–H and O–H groups in total. The Bertz CT molecular complexity index is 229. The van der Waals surface area contributed by atoms with Crippen LogP contribution in [0.5, 0.6) is 0 Å². The zero-order chi connectivity index (χ0) is 11.9. The maximum absolute atomic E-state index is 11.5.